The van der Waals surface area contributed by atoms with Crippen LogP contribution in [0.25, 0.3) is 0 Å². The fourth-order valence-electron chi connectivity index (χ4n) is 2.33. The molecule has 1 heterocycles. The van der Waals surface area contributed by atoms with E-state index < -0.39 is 6.10 Å². The van der Waals surface area contributed by atoms with Crippen LogP contribution in [0.1, 0.15) is 13.3 Å². The predicted molar refractivity (Wildman–Crippen MR) is 85.8 cm³/mol. The highest BCUT2D eigenvalue weighted by Crippen LogP contribution is 2.15. The van der Waals surface area contributed by atoms with Crippen molar-refractivity contribution < 1.29 is 14.3 Å². The van der Waals surface area contributed by atoms with Gasteiger partial charge >= 0.3 is 0 Å². The monoisotopic (exact) mass is 307 g/mol. The van der Waals surface area contributed by atoms with Crippen molar-refractivity contribution in [1.29, 1.82) is 0 Å². The number of nitrogens with one attached hydrogen (secondary N) is 1. The summed E-state index contributed by atoms with van der Waals surface area (Å²) >= 11 is 0. The number of hydrogen-bond donors (Lipinski definition) is 2. The summed E-state index contributed by atoms with van der Waals surface area (Å²) in [5.41, 5.74) is 6.31. The maximum absolute atomic E-state index is 12.0. The minimum atomic E-state index is -0.537. The summed E-state index contributed by atoms with van der Waals surface area (Å²) in [4.78, 5) is 14.3. The van der Waals surface area contributed by atoms with Crippen LogP contribution in [0.3, 0.4) is 0 Å². The standard InChI is InChI=1S/C16H25N3O3/c1-13(22-15-5-2-4-14(17)12-15)16(20)18-6-3-7-19-8-10-21-11-9-19/h2,4-5,12-13H,3,6-11,17H2,1H3,(H,18,20)/t13-/m0/s1. The van der Waals surface area contributed by atoms with Gasteiger partial charge in [0.1, 0.15) is 5.75 Å². The second-order valence-electron chi connectivity index (χ2n) is 5.43. The molecule has 0 saturated carbocycles. The molecule has 1 aliphatic heterocycles. The molecule has 0 aromatic heterocycles. The van der Waals surface area contributed by atoms with Gasteiger partial charge in [0.2, 0.25) is 0 Å². The third-order valence-electron chi connectivity index (χ3n) is 3.59. The molecule has 0 spiro atoms. The molecule has 2 rings (SSSR count). The smallest absolute Gasteiger partial charge is 0.260 e. The highest BCUT2D eigenvalue weighted by atomic mass is 16.5. The van der Waals surface area contributed by atoms with Gasteiger partial charge in [-0.3, -0.25) is 9.69 Å². The Balaban J connectivity index is 1.63. The van der Waals surface area contributed by atoms with E-state index in [1.54, 1.807) is 31.2 Å². The lowest BCUT2D eigenvalue weighted by Gasteiger charge is -2.26. The second-order valence-corrected chi connectivity index (χ2v) is 5.43. The summed E-state index contributed by atoms with van der Waals surface area (Å²) in [6.07, 6.45) is 0.390. The first-order valence-corrected chi connectivity index (χ1v) is 7.75. The number of hydrogen-bond acceptors (Lipinski definition) is 5. The third-order valence-corrected chi connectivity index (χ3v) is 3.59. The SMILES string of the molecule is C[C@H](Oc1cccc(N)c1)C(=O)NCCCN1CCOCC1. The number of amides is 1. The van der Waals surface area contributed by atoms with Gasteiger partial charge in [-0.2, -0.15) is 0 Å². The van der Waals surface area contributed by atoms with Gasteiger partial charge in [0.05, 0.1) is 13.2 Å². The van der Waals surface area contributed by atoms with E-state index in [0.29, 0.717) is 18.0 Å². The lowest BCUT2D eigenvalue weighted by molar-refractivity contribution is -0.127. The van der Waals surface area contributed by atoms with Crippen molar-refractivity contribution in [3.05, 3.63) is 24.3 Å². The summed E-state index contributed by atoms with van der Waals surface area (Å²) in [5, 5.41) is 2.90. The highest BCUT2D eigenvalue weighted by Gasteiger charge is 2.14. The van der Waals surface area contributed by atoms with Gasteiger partial charge < -0.3 is 20.5 Å². The Kier molecular flexibility index (Phi) is 6.48. The number of carbonyl (C=O) groups is 1. The third kappa shape index (κ3) is 5.54. The van der Waals surface area contributed by atoms with E-state index in [0.717, 1.165) is 39.3 Å². The molecule has 0 radical (unpaired) electrons. The van der Waals surface area contributed by atoms with Crippen LogP contribution < -0.4 is 15.8 Å². The maximum atomic E-state index is 12.0. The van der Waals surface area contributed by atoms with Crippen molar-refractivity contribution in [2.45, 2.75) is 19.4 Å². The molecule has 122 valence electrons. The van der Waals surface area contributed by atoms with Crippen LogP contribution in [0, 0.1) is 0 Å². The fraction of sp³-hybridized carbons (Fsp3) is 0.562. The molecule has 6 nitrogen and oxygen atoms in total. The van der Waals surface area contributed by atoms with Gasteiger partial charge in [-0.15, -0.1) is 0 Å². The minimum Gasteiger partial charge on any atom is -0.481 e. The Morgan fingerprint density at radius 2 is 2.23 bits per heavy atom. The number of nitrogens with two attached hydrogens (primary N) is 1. The number of anilines is 1. The van der Waals surface area contributed by atoms with Gasteiger partial charge in [-0.1, -0.05) is 6.07 Å². The summed E-state index contributed by atoms with van der Waals surface area (Å²) in [7, 11) is 0. The first kappa shape index (κ1) is 16.6. The molecule has 0 aliphatic carbocycles. The molecule has 1 aromatic carbocycles. The van der Waals surface area contributed by atoms with E-state index in [1.807, 2.05) is 0 Å². The van der Waals surface area contributed by atoms with Crippen molar-refractivity contribution in [3.63, 3.8) is 0 Å². The molecule has 0 bridgehead atoms. The molecule has 22 heavy (non-hydrogen) atoms. The molecule has 3 N–H and O–H groups in total. The summed E-state index contributed by atoms with van der Waals surface area (Å²) in [6.45, 7) is 6.93. The molecule has 1 fully saturated rings. The summed E-state index contributed by atoms with van der Waals surface area (Å²) in [5.74, 6) is 0.500. The van der Waals surface area contributed by atoms with Gasteiger partial charge in [0.15, 0.2) is 6.10 Å². The van der Waals surface area contributed by atoms with E-state index >= 15 is 0 Å². The number of nitrogens with zero attached hydrogens (tertiary/aromatic N) is 1. The molecule has 1 saturated heterocycles. The number of rotatable bonds is 7. The molecule has 1 aliphatic rings. The van der Waals surface area contributed by atoms with Crippen LogP contribution in [0.5, 0.6) is 5.75 Å². The Morgan fingerprint density at radius 3 is 2.95 bits per heavy atom. The largest absolute Gasteiger partial charge is 0.481 e. The van der Waals surface area contributed by atoms with Gasteiger partial charge in [-0.25, -0.2) is 0 Å². The Morgan fingerprint density at radius 1 is 1.45 bits per heavy atom. The first-order valence-electron chi connectivity index (χ1n) is 7.75. The average Bonchev–Trinajstić information content (AvgIpc) is 2.52. The van der Waals surface area contributed by atoms with E-state index in [9.17, 15) is 4.79 Å². The fourth-order valence-corrected chi connectivity index (χ4v) is 2.33. The molecule has 1 atom stereocenters. The van der Waals surface area contributed by atoms with Crippen molar-refractivity contribution >= 4 is 11.6 Å². The number of carbonyl (C=O) groups excluding carboxylic acids is 1. The lowest BCUT2D eigenvalue weighted by Crippen LogP contribution is -2.40. The van der Waals surface area contributed by atoms with Gasteiger partial charge in [0.25, 0.3) is 5.91 Å². The maximum Gasteiger partial charge on any atom is 0.260 e. The number of ether oxygens (including phenoxy) is 2. The van der Waals surface area contributed by atoms with Crippen molar-refractivity contribution in [2.75, 3.05) is 45.1 Å². The molecular weight excluding hydrogens is 282 g/mol. The second kappa shape index (κ2) is 8.60. The Bertz CT molecular complexity index is 475. The molecule has 0 unspecified atom stereocenters. The van der Waals surface area contributed by atoms with Crippen LogP contribution in [0.2, 0.25) is 0 Å². The predicted octanol–water partition coefficient (Wildman–Crippen LogP) is 0.875. The highest BCUT2D eigenvalue weighted by molar-refractivity contribution is 5.80. The van der Waals surface area contributed by atoms with Crippen LogP contribution >= 0.6 is 0 Å². The number of benzene rings is 1. The quantitative estimate of drug-likeness (QED) is 0.577. The van der Waals surface area contributed by atoms with Crippen molar-refractivity contribution in [1.82, 2.24) is 10.2 Å². The molecule has 1 amide bonds. The minimum absolute atomic E-state index is 0.107. The van der Waals surface area contributed by atoms with Crippen LogP contribution in [-0.4, -0.2) is 56.3 Å². The Hall–Kier alpha value is -1.79. The van der Waals surface area contributed by atoms with Gasteiger partial charge in [0, 0.05) is 31.4 Å². The molecule has 6 heteroatoms. The van der Waals surface area contributed by atoms with Crippen molar-refractivity contribution in [3.8, 4) is 5.75 Å². The van der Waals surface area contributed by atoms with E-state index in [1.165, 1.54) is 0 Å². The molecule has 1 aromatic rings. The zero-order valence-corrected chi connectivity index (χ0v) is 13.1. The Labute approximate surface area is 131 Å². The summed E-state index contributed by atoms with van der Waals surface area (Å²) in [6, 6.07) is 7.08. The number of morpholine rings is 1. The van der Waals surface area contributed by atoms with E-state index in [2.05, 4.69) is 10.2 Å². The topological polar surface area (TPSA) is 76.8 Å². The molecular formula is C16H25N3O3. The zero-order valence-electron chi connectivity index (χ0n) is 13.1. The van der Waals surface area contributed by atoms with Crippen LogP contribution in [-0.2, 0) is 9.53 Å². The van der Waals surface area contributed by atoms with E-state index in [-0.39, 0.29) is 5.91 Å². The number of nitrogen functional groups attached to an aromatic ring is 1. The van der Waals surface area contributed by atoms with Crippen LogP contribution in [0.4, 0.5) is 5.69 Å². The normalized spacial score (nSPS) is 17.0. The van der Waals surface area contributed by atoms with E-state index in [4.69, 9.17) is 15.2 Å². The zero-order chi connectivity index (χ0) is 15.8. The average molecular weight is 307 g/mol. The summed E-state index contributed by atoms with van der Waals surface area (Å²) < 4.78 is 10.9. The van der Waals surface area contributed by atoms with Crippen LogP contribution in [0.15, 0.2) is 24.3 Å². The van der Waals surface area contributed by atoms with Crippen molar-refractivity contribution in [2.24, 2.45) is 0 Å². The van der Waals surface area contributed by atoms with Gasteiger partial charge in [-0.05, 0) is 32.0 Å². The first-order chi connectivity index (χ1) is 10.6. The lowest BCUT2D eigenvalue weighted by atomic mass is 10.3.